The Labute approximate surface area is 134 Å². The van der Waals surface area contributed by atoms with Crippen molar-refractivity contribution in [3.8, 4) is 0 Å². The van der Waals surface area contributed by atoms with Gasteiger partial charge in [0.05, 0.1) is 0 Å². The van der Waals surface area contributed by atoms with E-state index in [4.69, 9.17) is 0 Å². The van der Waals surface area contributed by atoms with E-state index in [-0.39, 0.29) is 0 Å². The van der Waals surface area contributed by atoms with Crippen LogP contribution in [0.3, 0.4) is 0 Å². The SMILES string of the molecule is CSC1(CNC2CC(c3ccccc3C)C2)CCCCC1. The number of rotatable bonds is 5. The van der Waals surface area contributed by atoms with Crippen molar-refractivity contribution in [2.45, 2.75) is 68.6 Å². The first kappa shape index (κ1) is 15.4. The van der Waals surface area contributed by atoms with Gasteiger partial charge in [0.25, 0.3) is 0 Å². The fourth-order valence-electron chi connectivity index (χ4n) is 4.06. The minimum atomic E-state index is 0.534. The van der Waals surface area contributed by atoms with Crippen LogP contribution in [0, 0.1) is 6.92 Å². The van der Waals surface area contributed by atoms with Gasteiger partial charge in [0, 0.05) is 17.3 Å². The second-order valence-corrected chi connectivity index (χ2v) is 8.32. The number of aryl methyl sites for hydroxylation is 1. The Morgan fingerprint density at radius 2 is 1.86 bits per heavy atom. The number of benzene rings is 1. The minimum Gasteiger partial charge on any atom is -0.313 e. The molecule has 2 saturated carbocycles. The summed E-state index contributed by atoms with van der Waals surface area (Å²) in [5.74, 6) is 0.792. The van der Waals surface area contributed by atoms with E-state index >= 15 is 0 Å². The molecule has 2 heteroatoms. The van der Waals surface area contributed by atoms with Crippen LogP contribution in [0.1, 0.15) is 62.0 Å². The van der Waals surface area contributed by atoms with Gasteiger partial charge in [-0.2, -0.15) is 11.8 Å². The molecule has 2 aliphatic carbocycles. The zero-order valence-corrected chi connectivity index (χ0v) is 14.3. The van der Waals surface area contributed by atoms with Gasteiger partial charge in [-0.05, 0) is 55.9 Å². The highest BCUT2D eigenvalue weighted by Crippen LogP contribution is 2.41. The van der Waals surface area contributed by atoms with Gasteiger partial charge in [-0.3, -0.25) is 0 Å². The number of hydrogen-bond donors (Lipinski definition) is 1. The molecule has 0 heterocycles. The van der Waals surface area contributed by atoms with Crippen LogP contribution in [0.5, 0.6) is 0 Å². The lowest BCUT2D eigenvalue weighted by atomic mass is 9.74. The van der Waals surface area contributed by atoms with Crippen LogP contribution >= 0.6 is 11.8 Å². The average Bonchev–Trinajstić information content (AvgIpc) is 2.48. The highest BCUT2D eigenvalue weighted by molar-refractivity contribution is 8.00. The van der Waals surface area contributed by atoms with Crippen LogP contribution in [0.15, 0.2) is 24.3 Å². The zero-order valence-electron chi connectivity index (χ0n) is 13.5. The standard InChI is InChI=1S/C19H29NS/c1-15-8-4-5-9-18(15)16-12-17(13-16)20-14-19(21-2)10-6-3-7-11-19/h4-5,8-9,16-17,20H,3,6-7,10-14H2,1-2H3. The van der Waals surface area contributed by atoms with Crippen LogP contribution in [0.4, 0.5) is 0 Å². The summed E-state index contributed by atoms with van der Waals surface area (Å²) in [6, 6.07) is 9.66. The molecule has 0 unspecified atom stereocenters. The second kappa shape index (κ2) is 6.75. The van der Waals surface area contributed by atoms with Crippen LogP contribution < -0.4 is 5.32 Å². The Morgan fingerprint density at radius 3 is 2.52 bits per heavy atom. The number of thioether (sulfide) groups is 1. The molecule has 2 fully saturated rings. The van der Waals surface area contributed by atoms with E-state index in [0.717, 1.165) is 12.0 Å². The Morgan fingerprint density at radius 1 is 1.14 bits per heavy atom. The van der Waals surface area contributed by atoms with E-state index in [1.165, 1.54) is 57.1 Å². The minimum absolute atomic E-state index is 0.534. The summed E-state index contributed by atoms with van der Waals surface area (Å²) >= 11 is 2.11. The molecule has 0 spiro atoms. The summed E-state index contributed by atoms with van der Waals surface area (Å²) in [6.07, 6.45) is 12.1. The lowest BCUT2D eigenvalue weighted by molar-refractivity contribution is 0.267. The number of hydrogen-bond acceptors (Lipinski definition) is 2. The first-order valence-corrected chi connectivity index (χ1v) is 9.79. The third-order valence-corrected chi connectivity index (χ3v) is 7.10. The fourth-order valence-corrected chi connectivity index (χ4v) is 4.99. The second-order valence-electron chi connectivity index (χ2n) is 7.05. The average molecular weight is 304 g/mol. The molecule has 1 aromatic carbocycles. The van der Waals surface area contributed by atoms with Crippen molar-refractivity contribution in [1.29, 1.82) is 0 Å². The summed E-state index contributed by atoms with van der Waals surface area (Å²) in [5, 5.41) is 3.88. The van der Waals surface area contributed by atoms with Crippen molar-refractivity contribution in [2.24, 2.45) is 0 Å². The van der Waals surface area contributed by atoms with Crippen molar-refractivity contribution in [1.82, 2.24) is 5.32 Å². The van der Waals surface area contributed by atoms with Crippen LogP contribution in [-0.4, -0.2) is 23.6 Å². The van der Waals surface area contributed by atoms with Gasteiger partial charge < -0.3 is 5.32 Å². The predicted octanol–water partition coefficient (Wildman–Crippen LogP) is 4.90. The third-order valence-electron chi connectivity index (χ3n) is 5.68. The van der Waals surface area contributed by atoms with Crippen LogP contribution in [-0.2, 0) is 0 Å². The lowest BCUT2D eigenvalue weighted by Gasteiger charge is -2.42. The Hall–Kier alpha value is -0.470. The Balaban J connectivity index is 1.48. The maximum atomic E-state index is 3.88. The number of nitrogens with one attached hydrogen (secondary N) is 1. The first-order chi connectivity index (χ1) is 10.2. The summed E-state index contributed by atoms with van der Waals surface area (Å²) in [4.78, 5) is 0. The smallest absolute Gasteiger partial charge is 0.0281 e. The first-order valence-electron chi connectivity index (χ1n) is 8.56. The van der Waals surface area contributed by atoms with Gasteiger partial charge in [0.1, 0.15) is 0 Å². The maximum Gasteiger partial charge on any atom is 0.0281 e. The largest absolute Gasteiger partial charge is 0.313 e. The normalized spacial score (nSPS) is 28.1. The van der Waals surface area contributed by atoms with Gasteiger partial charge in [0.2, 0.25) is 0 Å². The van der Waals surface area contributed by atoms with Crippen molar-refractivity contribution in [3.63, 3.8) is 0 Å². The molecule has 0 aliphatic heterocycles. The maximum absolute atomic E-state index is 3.88. The van der Waals surface area contributed by atoms with E-state index in [2.05, 4.69) is 54.5 Å². The molecular weight excluding hydrogens is 274 g/mol. The molecule has 0 atom stereocenters. The lowest BCUT2D eigenvalue weighted by Crippen LogP contribution is -2.47. The molecule has 21 heavy (non-hydrogen) atoms. The highest BCUT2D eigenvalue weighted by atomic mass is 32.2. The topological polar surface area (TPSA) is 12.0 Å². The van der Waals surface area contributed by atoms with Gasteiger partial charge in [-0.15, -0.1) is 0 Å². The zero-order chi connectivity index (χ0) is 14.7. The molecule has 2 aliphatic rings. The Kier molecular flexibility index (Phi) is 4.96. The monoisotopic (exact) mass is 303 g/mol. The quantitative estimate of drug-likeness (QED) is 0.830. The predicted molar refractivity (Wildman–Crippen MR) is 94.3 cm³/mol. The van der Waals surface area contributed by atoms with Crippen molar-refractivity contribution < 1.29 is 0 Å². The van der Waals surface area contributed by atoms with Crippen molar-refractivity contribution >= 4 is 11.8 Å². The van der Waals surface area contributed by atoms with Gasteiger partial charge in [-0.1, -0.05) is 43.5 Å². The molecule has 3 rings (SSSR count). The molecule has 1 N–H and O–H groups in total. The van der Waals surface area contributed by atoms with Crippen molar-refractivity contribution in [3.05, 3.63) is 35.4 Å². The van der Waals surface area contributed by atoms with Gasteiger partial charge in [0.15, 0.2) is 0 Å². The van der Waals surface area contributed by atoms with Crippen LogP contribution in [0.25, 0.3) is 0 Å². The summed E-state index contributed by atoms with van der Waals surface area (Å²) in [7, 11) is 0. The van der Waals surface area contributed by atoms with E-state index < -0.39 is 0 Å². The molecule has 0 radical (unpaired) electrons. The third kappa shape index (κ3) is 3.48. The molecule has 0 amide bonds. The van der Waals surface area contributed by atoms with Gasteiger partial charge in [-0.25, -0.2) is 0 Å². The van der Waals surface area contributed by atoms with E-state index in [1.54, 1.807) is 5.56 Å². The van der Waals surface area contributed by atoms with Gasteiger partial charge >= 0.3 is 0 Å². The molecule has 116 valence electrons. The van der Waals surface area contributed by atoms with Crippen molar-refractivity contribution in [2.75, 3.05) is 12.8 Å². The summed E-state index contributed by atoms with van der Waals surface area (Å²) in [6.45, 7) is 3.47. The summed E-state index contributed by atoms with van der Waals surface area (Å²) < 4.78 is 0.534. The Bertz CT molecular complexity index is 458. The molecule has 0 saturated heterocycles. The molecule has 1 nitrogen and oxygen atoms in total. The molecule has 0 aromatic heterocycles. The van der Waals surface area contributed by atoms with E-state index in [0.29, 0.717) is 4.75 Å². The van der Waals surface area contributed by atoms with E-state index in [9.17, 15) is 0 Å². The highest BCUT2D eigenvalue weighted by Gasteiger charge is 2.35. The fraction of sp³-hybridized carbons (Fsp3) is 0.684. The summed E-state index contributed by atoms with van der Waals surface area (Å²) in [5.41, 5.74) is 3.04. The van der Waals surface area contributed by atoms with E-state index in [1.807, 2.05) is 0 Å². The molecule has 1 aromatic rings. The molecular formula is C19H29NS. The van der Waals surface area contributed by atoms with Crippen LogP contribution in [0.2, 0.25) is 0 Å². The molecule has 0 bridgehead atoms.